The lowest BCUT2D eigenvalue weighted by atomic mass is 10.1. The van der Waals surface area contributed by atoms with E-state index in [1.54, 1.807) is 24.3 Å². The molecule has 0 aromatic heterocycles. The van der Waals surface area contributed by atoms with Crippen molar-refractivity contribution >= 4 is 11.8 Å². The first-order chi connectivity index (χ1) is 8.25. The normalized spacial score (nSPS) is 13.4. The number of hydrogen-bond acceptors (Lipinski definition) is 2. The van der Waals surface area contributed by atoms with Crippen LogP contribution in [0, 0.1) is 11.8 Å². The molecule has 1 aliphatic rings. The molecular weight excluding hydrogens is 214 g/mol. The molecule has 0 saturated carbocycles. The van der Waals surface area contributed by atoms with Gasteiger partial charge in [0.05, 0.1) is 17.7 Å². The predicted molar refractivity (Wildman–Crippen MR) is 64.5 cm³/mol. The van der Waals surface area contributed by atoms with Gasteiger partial charge in [-0.15, -0.1) is 5.92 Å². The Morgan fingerprint density at radius 1 is 1.06 bits per heavy atom. The number of hydrogen-bond donors (Lipinski definition) is 0. The van der Waals surface area contributed by atoms with Gasteiger partial charge < -0.3 is 0 Å². The van der Waals surface area contributed by atoms with E-state index in [1.807, 2.05) is 6.92 Å². The van der Waals surface area contributed by atoms with E-state index in [2.05, 4.69) is 11.8 Å². The highest BCUT2D eigenvalue weighted by molar-refractivity contribution is 6.21. The quantitative estimate of drug-likeness (QED) is 0.573. The second-order valence-corrected chi connectivity index (χ2v) is 3.85. The topological polar surface area (TPSA) is 37.4 Å². The van der Waals surface area contributed by atoms with Crippen LogP contribution in [0.25, 0.3) is 0 Å². The van der Waals surface area contributed by atoms with E-state index in [9.17, 15) is 9.59 Å². The number of carbonyl (C=O) groups excluding carboxylic acids is 2. The molecule has 1 heterocycles. The molecular formula is C14H13NO2. The van der Waals surface area contributed by atoms with Gasteiger partial charge >= 0.3 is 0 Å². The van der Waals surface area contributed by atoms with Crippen molar-refractivity contribution < 1.29 is 9.59 Å². The first kappa shape index (κ1) is 11.4. The number of carbonyl (C=O) groups is 2. The van der Waals surface area contributed by atoms with Crippen LogP contribution < -0.4 is 0 Å². The van der Waals surface area contributed by atoms with Crippen molar-refractivity contribution in [2.75, 3.05) is 6.54 Å². The number of nitrogens with zero attached hydrogens (tertiary/aromatic N) is 1. The molecule has 0 fully saturated rings. The van der Waals surface area contributed by atoms with Crippen molar-refractivity contribution in [3.05, 3.63) is 35.4 Å². The lowest BCUT2D eigenvalue weighted by Crippen LogP contribution is -2.29. The fourth-order valence-corrected chi connectivity index (χ4v) is 1.73. The highest BCUT2D eigenvalue weighted by atomic mass is 16.2. The Bertz CT molecular complexity index is 488. The Kier molecular flexibility index (Phi) is 3.24. The van der Waals surface area contributed by atoms with Crippen LogP contribution in [-0.4, -0.2) is 23.3 Å². The van der Waals surface area contributed by atoms with Crippen molar-refractivity contribution in [3.63, 3.8) is 0 Å². The molecule has 3 heteroatoms. The molecule has 0 saturated heterocycles. The number of fused-ring (bicyclic) bond motifs is 1. The molecule has 2 amide bonds. The molecule has 17 heavy (non-hydrogen) atoms. The van der Waals surface area contributed by atoms with Gasteiger partial charge in [-0.1, -0.05) is 25.0 Å². The maximum atomic E-state index is 11.9. The third kappa shape index (κ3) is 2.07. The Hall–Kier alpha value is -2.08. The van der Waals surface area contributed by atoms with Gasteiger partial charge in [0.15, 0.2) is 0 Å². The third-order valence-corrected chi connectivity index (χ3v) is 2.62. The van der Waals surface area contributed by atoms with Gasteiger partial charge in [-0.3, -0.25) is 14.5 Å². The van der Waals surface area contributed by atoms with Crippen LogP contribution in [0.2, 0.25) is 0 Å². The second-order valence-electron chi connectivity index (χ2n) is 3.85. The molecule has 1 aliphatic heterocycles. The van der Waals surface area contributed by atoms with Gasteiger partial charge in [0.1, 0.15) is 0 Å². The monoisotopic (exact) mass is 227 g/mol. The average molecular weight is 227 g/mol. The van der Waals surface area contributed by atoms with Crippen LogP contribution in [0.15, 0.2) is 24.3 Å². The number of imide groups is 1. The van der Waals surface area contributed by atoms with Crippen molar-refractivity contribution in [2.45, 2.75) is 19.8 Å². The molecule has 1 aromatic carbocycles. The summed E-state index contributed by atoms with van der Waals surface area (Å²) in [5.74, 6) is 5.31. The van der Waals surface area contributed by atoms with Gasteiger partial charge in [0.25, 0.3) is 11.8 Å². The summed E-state index contributed by atoms with van der Waals surface area (Å²) in [5, 5.41) is 0. The van der Waals surface area contributed by atoms with Crippen LogP contribution in [0.1, 0.15) is 40.5 Å². The van der Waals surface area contributed by atoms with Crippen molar-refractivity contribution in [3.8, 4) is 11.8 Å². The van der Waals surface area contributed by atoms with Crippen LogP contribution in [-0.2, 0) is 0 Å². The highest BCUT2D eigenvalue weighted by Gasteiger charge is 2.34. The van der Waals surface area contributed by atoms with Gasteiger partial charge in [-0.05, 0) is 18.6 Å². The number of amides is 2. The zero-order chi connectivity index (χ0) is 12.3. The van der Waals surface area contributed by atoms with Crippen LogP contribution in [0.4, 0.5) is 0 Å². The van der Waals surface area contributed by atoms with Gasteiger partial charge in [-0.2, -0.15) is 0 Å². The molecule has 0 unspecified atom stereocenters. The molecule has 0 aliphatic carbocycles. The fourth-order valence-electron chi connectivity index (χ4n) is 1.73. The smallest absolute Gasteiger partial charge is 0.262 e. The molecule has 2 rings (SSSR count). The Labute approximate surface area is 100 Å². The maximum absolute atomic E-state index is 11.9. The van der Waals surface area contributed by atoms with E-state index in [1.165, 1.54) is 4.90 Å². The van der Waals surface area contributed by atoms with E-state index < -0.39 is 0 Å². The standard InChI is InChI=1S/C14H13NO2/c1-2-3-4-7-10-15-13(16)11-8-5-6-9-12(11)14(15)17/h5-6,8-9H,2-3,10H2,1H3. The van der Waals surface area contributed by atoms with Crippen LogP contribution in [0.3, 0.4) is 0 Å². The largest absolute Gasteiger partial charge is 0.269 e. The Morgan fingerprint density at radius 3 is 2.18 bits per heavy atom. The lowest BCUT2D eigenvalue weighted by molar-refractivity contribution is 0.0675. The Morgan fingerprint density at radius 2 is 1.65 bits per heavy atom. The van der Waals surface area contributed by atoms with E-state index in [0.717, 1.165) is 12.8 Å². The summed E-state index contributed by atoms with van der Waals surface area (Å²) in [6, 6.07) is 6.87. The van der Waals surface area contributed by atoms with Crippen LogP contribution >= 0.6 is 0 Å². The van der Waals surface area contributed by atoms with Crippen molar-refractivity contribution in [1.82, 2.24) is 4.90 Å². The van der Waals surface area contributed by atoms with Gasteiger partial charge in [-0.25, -0.2) is 0 Å². The summed E-state index contributed by atoms with van der Waals surface area (Å²) < 4.78 is 0. The van der Waals surface area contributed by atoms with E-state index in [0.29, 0.717) is 11.1 Å². The predicted octanol–water partition coefficient (Wildman–Crippen LogP) is 2.09. The lowest BCUT2D eigenvalue weighted by Gasteiger charge is -2.08. The molecule has 1 aromatic rings. The summed E-state index contributed by atoms with van der Waals surface area (Å²) in [6.45, 7) is 2.23. The SMILES string of the molecule is CCCC#CCN1C(=O)c2ccccc2C1=O. The molecule has 0 spiro atoms. The maximum Gasteiger partial charge on any atom is 0.262 e. The molecule has 3 nitrogen and oxygen atoms in total. The summed E-state index contributed by atoms with van der Waals surface area (Å²) in [7, 11) is 0. The number of rotatable bonds is 2. The fraction of sp³-hybridized carbons (Fsp3) is 0.286. The first-order valence-corrected chi connectivity index (χ1v) is 5.66. The molecule has 86 valence electrons. The minimum atomic E-state index is -0.239. The summed E-state index contributed by atoms with van der Waals surface area (Å²) in [6.07, 6.45) is 1.78. The van der Waals surface area contributed by atoms with Crippen molar-refractivity contribution in [1.29, 1.82) is 0 Å². The molecule has 0 radical (unpaired) electrons. The van der Waals surface area contributed by atoms with Gasteiger partial charge in [0, 0.05) is 6.42 Å². The zero-order valence-electron chi connectivity index (χ0n) is 9.69. The van der Waals surface area contributed by atoms with Crippen molar-refractivity contribution in [2.24, 2.45) is 0 Å². The summed E-state index contributed by atoms with van der Waals surface area (Å²) >= 11 is 0. The number of unbranched alkanes of at least 4 members (excludes halogenated alkanes) is 1. The molecule has 0 atom stereocenters. The average Bonchev–Trinajstić information content (AvgIpc) is 2.60. The van der Waals surface area contributed by atoms with E-state index >= 15 is 0 Å². The van der Waals surface area contributed by atoms with Gasteiger partial charge in [0.2, 0.25) is 0 Å². The first-order valence-electron chi connectivity index (χ1n) is 5.66. The second kappa shape index (κ2) is 4.84. The molecule has 0 bridgehead atoms. The van der Waals surface area contributed by atoms with E-state index in [4.69, 9.17) is 0 Å². The third-order valence-electron chi connectivity index (χ3n) is 2.62. The number of benzene rings is 1. The summed E-state index contributed by atoms with van der Waals surface area (Å²) in [5.41, 5.74) is 0.963. The highest BCUT2D eigenvalue weighted by Crippen LogP contribution is 2.21. The zero-order valence-corrected chi connectivity index (χ0v) is 9.69. The minimum absolute atomic E-state index is 0.187. The van der Waals surface area contributed by atoms with Crippen LogP contribution in [0.5, 0.6) is 0 Å². The molecule has 0 N–H and O–H groups in total. The minimum Gasteiger partial charge on any atom is -0.269 e. The van der Waals surface area contributed by atoms with E-state index in [-0.39, 0.29) is 18.4 Å². The Balaban J connectivity index is 2.17. The summed E-state index contributed by atoms with van der Waals surface area (Å²) in [4.78, 5) is 25.0.